The summed E-state index contributed by atoms with van der Waals surface area (Å²) < 4.78 is 0.852. The zero-order valence-electron chi connectivity index (χ0n) is 10.6. The van der Waals surface area contributed by atoms with Crippen LogP contribution in [0.3, 0.4) is 0 Å². The molecule has 1 amide bonds. The fourth-order valence-electron chi connectivity index (χ4n) is 2.25. The van der Waals surface area contributed by atoms with E-state index in [-0.39, 0.29) is 17.6 Å². The number of phenolic OH excluding ortho intramolecular Hbond substituents is 1. The number of phenols is 1. The third-order valence-electron chi connectivity index (χ3n) is 3.34. The zero-order chi connectivity index (χ0) is 13.7. The number of carbonyl (C=O) groups is 1. The highest BCUT2D eigenvalue weighted by Crippen LogP contribution is 2.23. The minimum atomic E-state index is -0.0227. The fourth-order valence-corrected chi connectivity index (χ4v) is 2.63. The number of amides is 1. The van der Waals surface area contributed by atoms with E-state index in [1.807, 2.05) is 0 Å². The van der Waals surface area contributed by atoms with Gasteiger partial charge in [0.15, 0.2) is 0 Å². The quantitative estimate of drug-likeness (QED) is 0.662. The number of nitrogens with one attached hydrogen (secondary N) is 1. The molecule has 2 rings (SSSR count). The zero-order valence-corrected chi connectivity index (χ0v) is 12.2. The molecule has 0 saturated heterocycles. The van der Waals surface area contributed by atoms with Gasteiger partial charge in [-0.25, -0.2) is 5.43 Å². The molecule has 0 spiro atoms. The number of rotatable bonds is 3. The molecule has 1 aromatic rings. The molecular weight excluding hydrogens is 308 g/mol. The van der Waals surface area contributed by atoms with Gasteiger partial charge in [0.25, 0.3) is 0 Å². The SMILES string of the molecule is O=C(N/N=C\c1cc(Br)ccc1O)C1CCCCC1. The monoisotopic (exact) mass is 324 g/mol. The Morgan fingerprint density at radius 3 is 2.84 bits per heavy atom. The normalized spacial score (nSPS) is 16.7. The van der Waals surface area contributed by atoms with E-state index in [1.165, 1.54) is 12.6 Å². The topological polar surface area (TPSA) is 61.7 Å². The lowest BCUT2D eigenvalue weighted by Crippen LogP contribution is -2.28. The van der Waals surface area contributed by atoms with Crippen molar-refractivity contribution < 1.29 is 9.90 Å². The summed E-state index contributed by atoms with van der Waals surface area (Å²) in [5.41, 5.74) is 3.12. The van der Waals surface area contributed by atoms with Crippen LogP contribution in [0.1, 0.15) is 37.7 Å². The van der Waals surface area contributed by atoms with E-state index in [0.717, 1.165) is 30.2 Å². The standard InChI is InChI=1S/C14H17BrN2O2/c15-12-6-7-13(18)11(8-12)9-16-17-14(19)10-4-2-1-3-5-10/h6-10,18H,1-5H2,(H,17,19)/b16-9-. The first-order valence-corrected chi connectivity index (χ1v) is 7.27. The summed E-state index contributed by atoms with van der Waals surface area (Å²) >= 11 is 3.32. The molecule has 0 radical (unpaired) electrons. The van der Waals surface area contributed by atoms with E-state index in [9.17, 15) is 9.90 Å². The van der Waals surface area contributed by atoms with Crippen LogP contribution in [0, 0.1) is 5.92 Å². The van der Waals surface area contributed by atoms with E-state index in [0.29, 0.717) is 5.56 Å². The molecule has 19 heavy (non-hydrogen) atoms. The van der Waals surface area contributed by atoms with Gasteiger partial charge in [-0.1, -0.05) is 35.2 Å². The Labute approximate surface area is 121 Å². The second-order valence-electron chi connectivity index (χ2n) is 4.77. The summed E-state index contributed by atoms with van der Waals surface area (Å²) in [5.74, 6) is 0.200. The molecule has 0 bridgehead atoms. The minimum absolute atomic E-state index is 0.0227. The van der Waals surface area contributed by atoms with Crippen molar-refractivity contribution in [3.8, 4) is 5.75 Å². The van der Waals surface area contributed by atoms with Crippen molar-refractivity contribution in [1.82, 2.24) is 5.43 Å². The lowest BCUT2D eigenvalue weighted by molar-refractivity contribution is -0.125. The Balaban J connectivity index is 1.92. The predicted octanol–water partition coefficient (Wildman–Crippen LogP) is 3.19. The third-order valence-corrected chi connectivity index (χ3v) is 3.84. The maximum atomic E-state index is 11.8. The molecule has 1 aromatic carbocycles. The Kier molecular flexibility index (Phi) is 4.96. The molecule has 0 heterocycles. The number of carbonyl (C=O) groups excluding carboxylic acids is 1. The highest BCUT2D eigenvalue weighted by molar-refractivity contribution is 9.10. The van der Waals surface area contributed by atoms with E-state index in [4.69, 9.17) is 0 Å². The van der Waals surface area contributed by atoms with E-state index >= 15 is 0 Å². The fraction of sp³-hybridized carbons (Fsp3) is 0.429. The highest BCUT2D eigenvalue weighted by Gasteiger charge is 2.20. The number of aromatic hydroxyl groups is 1. The van der Waals surface area contributed by atoms with E-state index in [1.54, 1.807) is 18.2 Å². The lowest BCUT2D eigenvalue weighted by Gasteiger charge is -2.19. The molecule has 5 heteroatoms. The van der Waals surface area contributed by atoms with Crippen LogP contribution < -0.4 is 5.43 Å². The molecule has 0 aromatic heterocycles. The summed E-state index contributed by atoms with van der Waals surface area (Å²) in [6.07, 6.45) is 6.81. The van der Waals surface area contributed by atoms with Crippen LogP contribution >= 0.6 is 15.9 Å². The van der Waals surface area contributed by atoms with Crippen LogP contribution in [0.15, 0.2) is 27.8 Å². The molecule has 1 saturated carbocycles. The summed E-state index contributed by atoms with van der Waals surface area (Å²) in [5, 5.41) is 13.5. The van der Waals surface area contributed by atoms with Gasteiger partial charge in [0.1, 0.15) is 5.75 Å². The first kappa shape index (κ1) is 14.1. The summed E-state index contributed by atoms with van der Waals surface area (Å²) in [6, 6.07) is 5.06. The Hall–Kier alpha value is -1.36. The van der Waals surface area contributed by atoms with E-state index in [2.05, 4.69) is 26.5 Å². The van der Waals surface area contributed by atoms with Crippen molar-refractivity contribution in [1.29, 1.82) is 0 Å². The smallest absolute Gasteiger partial charge is 0.243 e. The molecule has 2 N–H and O–H groups in total. The van der Waals surface area contributed by atoms with Crippen molar-refractivity contribution in [2.24, 2.45) is 11.0 Å². The lowest BCUT2D eigenvalue weighted by atomic mass is 9.89. The number of benzene rings is 1. The van der Waals surface area contributed by atoms with Gasteiger partial charge in [-0.15, -0.1) is 0 Å². The average molecular weight is 325 g/mol. The number of hydrogen-bond acceptors (Lipinski definition) is 3. The summed E-state index contributed by atoms with van der Waals surface area (Å²) in [4.78, 5) is 11.8. The molecule has 102 valence electrons. The average Bonchev–Trinajstić information content (AvgIpc) is 2.43. The number of halogens is 1. The van der Waals surface area contributed by atoms with Crippen molar-refractivity contribution in [3.63, 3.8) is 0 Å². The molecular formula is C14H17BrN2O2. The molecule has 4 nitrogen and oxygen atoms in total. The van der Waals surface area contributed by atoms with Gasteiger partial charge in [-0.05, 0) is 31.0 Å². The third kappa shape index (κ3) is 4.06. The maximum Gasteiger partial charge on any atom is 0.243 e. The van der Waals surface area contributed by atoms with Gasteiger partial charge in [-0.2, -0.15) is 5.10 Å². The Bertz CT molecular complexity index is 482. The van der Waals surface area contributed by atoms with E-state index < -0.39 is 0 Å². The van der Waals surface area contributed by atoms with Crippen LogP contribution in [0.25, 0.3) is 0 Å². The highest BCUT2D eigenvalue weighted by atomic mass is 79.9. The van der Waals surface area contributed by atoms with Crippen LogP contribution in [0.2, 0.25) is 0 Å². The number of hydrogen-bond donors (Lipinski definition) is 2. The number of nitrogens with zero attached hydrogens (tertiary/aromatic N) is 1. The Morgan fingerprint density at radius 2 is 2.11 bits per heavy atom. The van der Waals surface area contributed by atoms with Crippen LogP contribution in [0.4, 0.5) is 0 Å². The first-order valence-electron chi connectivity index (χ1n) is 6.48. The minimum Gasteiger partial charge on any atom is -0.507 e. The van der Waals surface area contributed by atoms with Gasteiger partial charge in [-0.3, -0.25) is 4.79 Å². The molecule has 1 aliphatic carbocycles. The first-order chi connectivity index (χ1) is 9.16. The Morgan fingerprint density at radius 1 is 1.37 bits per heavy atom. The van der Waals surface area contributed by atoms with Crippen molar-refractivity contribution >= 4 is 28.1 Å². The molecule has 1 aliphatic rings. The van der Waals surface area contributed by atoms with Gasteiger partial charge < -0.3 is 5.11 Å². The molecule has 0 atom stereocenters. The van der Waals surface area contributed by atoms with Crippen molar-refractivity contribution in [3.05, 3.63) is 28.2 Å². The summed E-state index contributed by atoms with van der Waals surface area (Å²) in [7, 11) is 0. The van der Waals surface area contributed by atoms with Crippen molar-refractivity contribution in [2.75, 3.05) is 0 Å². The van der Waals surface area contributed by atoms with Gasteiger partial charge in [0.05, 0.1) is 6.21 Å². The van der Waals surface area contributed by atoms with Gasteiger partial charge in [0.2, 0.25) is 5.91 Å². The largest absolute Gasteiger partial charge is 0.507 e. The second-order valence-corrected chi connectivity index (χ2v) is 5.69. The second kappa shape index (κ2) is 6.70. The molecule has 0 aliphatic heterocycles. The van der Waals surface area contributed by atoms with Crippen LogP contribution in [-0.4, -0.2) is 17.2 Å². The van der Waals surface area contributed by atoms with Crippen LogP contribution in [-0.2, 0) is 4.79 Å². The van der Waals surface area contributed by atoms with Gasteiger partial charge in [0, 0.05) is 16.0 Å². The molecule has 0 unspecified atom stereocenters. The van der Waals surface area contributed by atoms with Crippen molar-refractivity contribution in [2.45, 2.75) is 32.1 Å². The van der Waals surface area contributed by atoms with Gasteiger partial charge >= 0.3 is 0 Å². The molecule has 1 fully saturated rings. The predicted molar refractivity (Wildman–Crippen MR) is 78.1 cm³/mol. The summed E-state index contributed by atoms with van der Waals surface area (Å²) in [6.45, 7) is 0. The number of hydrazone groups is 1. The van der Waals surface area contributed by atoms with Crippen LogP contribution in [0.5, 0.6) is 5.75 Å². The maximum absolute atomic E-state index is 11.8.